The molecule has 2 nitrogen and oxygen atoms in total. The summed E-state index contributed by atoms with van der Waals surface area (Å²) in [4.78, 5) is 0. The van der Waals surface area contributed by atoms with Gasteiger partial charge in [-0.05, 0) is 12.3 Å². The number of aliphatic hydroxyl groups excluding tert-OH is 2. The predicted octanol–water partition coefficient (Wildman–Crippen LogP) is 0.304. The van der Waals surface area contributed by atoms with E-state index < -0.39 is 0 Å². The molecule has 0 amide bonds. The van der Waals surface area contributed by atoms with Crippen molar-refractivity contribution in [3.05, 3.63) is 12.2 Å². The minimum atomic E-state index is -0.293. The van der Waals surface area contributed by atoms with E-state index in [4.69, 9.17) is 0 Å². The summed E-state index contributed by atoms with van der Waals surface area (Å²) in [6.45, 7) is 0. The van der Waals surface area contributed by atoms with E-state index in [-0.39, 0.29) is 18.1 Å². The summed E-state index contributed by atoms with van der Waals surface area (Å²) >= 11 is 0. The third-order valence-corrected chi connectivity index (χ3v) is 2.68. The minimum absolute atomic E-state index is 0.245. The Hall–Kier alpha value is -0.340. The molecule has 0 aromatic carbocycles. The van der Waals surface area contributed by atoms with Gasteiger partial charge in [-0.1, -0.05) is 12.2 Å². The fourth-order valence-electron chi connectivity index (χ4n) is 2.10. The molecule has 2 rings (SSSR count). The summed E-state index contributed by atoms with van der Waals surface area (Å²) in [5.74, 6) is 0.560. The molecule has 2 N–H and O–H groups in total. The van der Waals surface area contributed by atoms with Crippen LogP contribution in [0.25, 0.3) is 0 Å². The lowest BCUT2D eigenvalue weighted by molar-refractivity contribution is 0.120. The van der Waals surface area contributed by atoms with Gasteiger partial charge in [-0.15, -0.1) is 0 Å². The van der Waals surface area contributed by atoms with Crippen LogP contribution in [0.3, 0.4) is 0 Å². The zero-order valence-corrected chi connectivity index (χ0v) is 5.77. The van der Waals surface area contributed by atoms with Crippen molar-refractivity contribution in [2.45, 2.75) is 25.0 Å². The van der Waals surface area contributed by atoms with E-state index in [1.165, 1.54) is 0 Å². The Balaban J connectivity index is 2.17. The topological polar surface area (TPSA) is 40.5 Å². The molecule has 0 spiro atoms. The van der Waals surface area contributed by atoms with E-state index in [1.54, 1.807) is 0 Å². The number of rotatable bonds is 0. The van der Waals surface area contributed by atoms with Gasteiger partial charge in [0.15, 0.2) is 0 Å². The lowest BCUT2D eigenvalue weighted by Crippen LogP contribution is -2.15. The van der Waals surface area contributed by atoms with Crippen molar-refractivity contribution in [3.63, 3.8) is 0 Å². The molecule has 0 aromatic rings. The first-order chi connectivity index (χ1) is 4.79. The van der Waals surface area contributed by atoms with Crippen molar-refractivity contribution in [2.75, 3.05) is 0 Å². The van der Waals surface area contributed by atoms with E-state index in [9.17, 15) is 10.2 Å². The lowest BCUT2D eigenvalue weighted by atomic mass is 9.98. The van der Waals surface area contributed by atoms with Gasteiger partial charge < -0.3 is 10.2 Å². The quantitative estimate of drug-likeness (QED) is 0.475. The summed E-state index contributed by atoms with van der Waals surface area (Å²) in [5.41, 5.74) is 0. The maximum atomic E-state index is 9.37. The second-order valence-corrected chi connectivity index (χ2v) is 3.28. The van der Waals surface area contributed by atoms with Crippen LogP contribution in [0.5, 0.6) is 0 Å². The molecule has 1 saturated carbocycles. The van der Waals surface area contributed by atoms with Crippen molar-refractivity contribution >= 4 is 0 Å². The molecule has 0 bridgehead atoms. The van der Waals surface area contributed by atoms with E-state index >= 15 is 0 Å². The summed E-state index contributed by atoms with van der Waals surface area (Å²) in [7, 11) is 0. The van der Waals surface area contributed by atoms with Gasteiger partial charge in [-0.25, -0.2) is 0 Å². The van der Waals surface area contributed by atoms with Crippen molar-refractivity contribution in [3.8, 4) is 0 Å². The number of hydrogen-bond donors (Lipinski definition) is 2. The molecule has 2 heteroatoms. The largest absolute Gasteiger partial charge is 0.393 e. The highest BCUT2D eigenvalue weighted by atomic mass is 16.3. The summed E-state index contributed by atoms with van der Waals surface area (Å²) < 4.78 is 0. The van der Waals surface area contributed by atoms with Crippen LogP contribution in [0.1, 0.15) is 12.8 Å². The van der Waals surface area contributed by atoms with E-state index in [2.05, 4.69) is 6.08 Å². The van der Waals surface area contributed by atoms with Crippen LogP contribution < -0.4 is 0 Å². The SMILES string of the molecule is O[C@@H]1C[C@H](O)[C@H]2C=CC[C@H]21. The fraction of sp³-hybridized carbons (Fsp3) is 0.750. The second kappa shape index (κ2) is 2.07. The first kappa shape index (κ1) is 6.38. The number of aliphatic hydroxyl groups is 2. The molecule has 56 valence electrons. The zero-order chi connectivity index (χ0) is 7.14. The molecule has 0 unspecified atom stereocenters. The minimum Gasteiger partial charge on any atom is -0.393 e. The average molecular weight is 140 g/mol. The van der Waals surface area contributed by atoms with Gasteiger partial charge in [0.1, 0.15) is 0 Å². The van der Waals surface area contributed by atoms with Crippen LogP contribution in [-0.4, -0.2) is 22.4 Å². The molecule has 0 radical (unpaired) electrons. The smallest absolute Gasteiger partial charge is 0.0631 e. The highest BCUT2D eigenvalue weighted by Gasteiger charge is 2.41. The fourth-order valence-corrected chi connectivity index (χ4v) is 2.10. The summed E-state index contributed by atoms with van der Waals surface area (Å²) in [5, 5.41) is 18.7. The molecule has 0 aliphatic heterocycles. The third kappa shape index (κ3) is 0.724. The maximum absolute atomic E-state index is 9.37. The van der Waals surface area contributed by atoms with Gasteiger partial charge in [0.05, 0.1) is 12.2 Å². The molecule has 2 aliphatic rings. The predicted molar refractivity (Wildman–Crippen MR) is 37.4 cm³/mol. The Morgan fingerprint density at radius 3 is 2.70 bits per heavy atom. The third-order valence-electron chi connectivity index (χ3n) is 2.68. The highest BCUT2D eigenvalue weighted by molar-refractivity contribution is 5.10. The molecule has 1 fully saturated rings. The highest BCUT2D eigenvalue weighted by Crippen LogP contribution is 2.39. The van der Waals surface area contributed by atoms with Crippen molar-refractivity contribution < 1.29 is 10.2 Å². The average Bonchev–Trinajstić information content (AvgIpc) is 2.39. The monoisotopic (exact) mass is 140 g/mol. The molecule has 0 heterocycles. The van der Waals surface area contributed by atoms with Crippen LogP contribution in [-0.2, 0) is 0 Å². The van der Waals surface area contributed by atoms with Crippen LogP contribution in [0.15, 0.2) is 12.2 Å². The number of hydrogen-bond acceptors (Lipinski definition) is 2. The lowest BCUT2D eigenvalue weighted by Gasteiger charge is -2.12. The maximum Gasteiger partial charge on any atom is 0.0631 e. The first-order valence-electron chi connectivity index (χ1n) is 3.82. The first-order valence-corrected chi connectivity index (χ1v) is 3.82. The Labute approximate surface area is 60.2 Å². The van der Waals surface area contributed by atoms with E-state index in [0.29, 0.717) is 12.3 Å². The van der Waals surface area contributed by atoms with Crippen molar-refractivity contribution in [1.82, 2.24) is 0 Å². The summed E-state index contributed by atoms with van der Waals surface area (Å²) in [6.07, 6.45) is 5.04. The van der Waals surface area contributed by atoms with E-state index in [0.717, 1.165) is 6.42 Å². The molecule has 0 saturated heterocycles. The number of fused-ring (bicyclic) bond motifs is 1. The van der Waals surface area contributed by atoms with Crippen LogP contribution >= 0.6 is 0 Å². The second-order valence-electron chi connectivity index (χ2n) is 3.28. The Kier molecular flexibility index (Phi) is 1.32. The van der Waals surface area contributed by atoms with Crippen molar-refractivity contribution in [1.29, 1.82) is 0 Å². The summed E-state index contributed by atoms with van der Waals surface area (Å²) in [6, 6.07) is 0. The molecule has 0 aromatic heterocycles. The van der Waals surface area contributed by atoms with Crippen molar-refractivity contribution in [2.24, 2.45) is 11.8 Å². The number of allylic oxidation sites excluding steroid dienone is 1. The Bertz CT molecular complexity index is 165. The normalized spacial score (nSPS) is 51.8. The van der Waals surface area contributed by atoms with Gasteiger partial charge in [-0.3, -0.25) is 0 Å². The zero-order valence-electron chi connectivity index (χ0n) is 5.77. The molecule has 2 aliphatic carbocycles. The Morgan fingerprint density at radius 1 is 1.20 bits per heavy atom. The van der Waals surface area contributed by atoms with Crippen LogP contribution in [0.4, 0.5) is 0 Å². The van der Waals surface area contributed by atoms with Crippen LogP contribution in [0, 0.1) is 11.8 Å². The molecular weight excluding hydrogens is 128 g/mol. The van der Waals surface area contributed by atoms with Crippen LogP contribution in [0.2, 0.25) is 0 Å². The van der Waals surface area contributed by atoms with Gasteiger partial charge in [0.2, 0.25) is 0 Å². The molecular formula is C8H12O2. The van der Waals surface area contributed by atoms with E-state index in [1.807, 2.05) is 6.08 Å². The van der Waals surface area contributed by atoms with Gasteiger partial charge in [0.25, 0.3) is 0 Å². The molecule has 4 atom stereocenters. The van der Waals surface area contributed by atoms with Gasteiger partial charge >= 0.3 is 0 Å². The van der Waals surface area contributed by atoms with Gasteiger partial charge in [-0.2, -0.15) is 0 Å². The Morgan fingerprint density at radius 2 is 2.00 bits per heavy atom. The standard InChI is InChI=1S/C8H12O2/c9-7-4-8(10)6-3-1-2-5(6)7/h1-2,5-10H,3-4H2/t5-,6+,7-,8+/m0/s1. The molecule has 10 heavy (non-hydrogen) atoms. The van der Waals surface area contributed by atoms with Gasteiger partial charge in [0, 0.05) is 12.3 Å².